The maximum atomic E-state index is 4.40. The lowest BCUT2D eigenvalue weighted by molar-refractivity contribution is 0.558. The fourth-order valence-corrected chi connectivity index (χ4v) is 0.170. The monoisotopic (exact) mass is 66.0 g/mol. The topological polar surface area (TPSA) is 13.1 Å². The first-order valence-electron chi connectivity index (χ1n) is 1.31. The van der Waals surface area contributed by atoms with Gasteiger partial charge in [-0.1, -0.05) is 0 Å². The van der Waals surface area contributed by atoms with Gasteiger partial charge in [0.2, 0.25) is 0 Å². The van der Waals surface area contributed by atoms with E-state index in [0.717, 1.165) is 0 Å². The van der Waals surface area contributed by atoms with Gasteiger partial charge < -0.3 is 4.42 Å². The van der Waals surface area contributed by atoms with Crippen LogP contribution >= 0.6 is 0 Å². The van der Waals surface area contributed by atoms with Crippen LogP contribution in [0.5, 0.6) is 0 Å². The second kappa shape index (κ2) is 0.931. The Bertz CT molecular complexity index is 60.1. The zero-order chi connectivity index (χ0) is 3.54. The summed E-state index contributed by atoms with van der Waals surface area (Å²) >= 11 is 0. The van der Waals surface area contributed by atoms with Crippen LogP contribution in [0.4, 0.5) is 0 Å². The molecule has 0 saturated carbocycles. The lowest BCUT2D eigenvalue weighted by atomic mass is 10.7. The molecule has 1 aromatic rings. The van der Waals surface area contributed by atoms with E-state index in [1.54, 1.807) is 6.07 Å². The SMILES string of the molecule is [c]1c[c]oc1. The van der Waals surface area contributed by atoms with E-state index < -0.39 is 0 Å². The summed E-state index contributed by atoms with van der Waals surface area (Å²) in [6.07, 6.45) is 3.88. The molecule has 0 spiro atoms. The summed E-state index contributed by atoms with van der Waals surface area (Å²) in [6, 6.07) is 4.22. The average molecular weight is 66.1 g/mol. The van der Waals surface area contributed by atoms with Gasteiger partial charge in [0, 0.05) is 6.07 Å². The Morgan fingerprint density at radius 2 is 2.60 bits per heavy atom. The molecule has 0 saturated heterocycles. The van der Waals surface area contributed by atoms with Crippen LogP contribution in [0, 0.1) is 12.3 Å². The Labute approximate surface area is 30.2 Å². The van der Waals surface area contributed by atoms with Gasteiger partial charge in [0.1, 0.15) is 0 Å². The van der Waals surface area contributed by atoms with Gasteiger partial charge in [-0.05, 0) is 6.07 Å². The number of rotatable bonds is 0. The van der Waals surface area contributed by atoms with E-state index >= 15 is 0 Å². The van der Waals surface area contributed by atoms with Gasteiger partial charge in [0.25, 0.3) is 0 Å². The minimum atomic E-state index is 1.44. The van der Waals surface area contributed by atoms with E-state index in [2.05, 4.69) is 16.7 Å². The van der Waals surface area contributed by atoms with Crippen molar-refractivity contribution in [2.75, 3.05) is 0 Å². The molecule has 1 nitrogen and oxygen atoms in total. The summed E-state index contributed by atoms with van der Waals surface area (Å²) in [6.45, 7) is 0. The minimum Gasteiger partial charge on any atom is -0.460 e. The lowest BCUT2D eigenvalue weighted by Gasteiger charge is -1.47. The summed E-state index contributed by atoms with van der Waals surface area (Å²) in [7, 11) is 0. The molecule has 0 fully saturated rings. The van der Waals surface area contributed by atoms with Gasteiger partial charge in [-0.15, -0.1) is 0 Å². The van der Waals surface area contributed by atoms with E-state index in [1.807, 2.05) is 0 Å². The summed E-state index contributed by atoms with van der Waals surface area (Å²) < 4.78 is 4.40. The molecule has 0 aliphatic heterocycles. The van der Waals surface area contributed by atoms with Crippen LogP contribution in [0.1, 0.15) is 0 Å². The van der Waals surface area contributed by atoms with Gasteiger partial charge in [0.15, 0.2) is 6.26 Å². The molecule has 24 valence electrons. The maximum absolute atomic E-state index is 4.40. The first-order valence-corrected chi connectivity index (χ1v) is 1.31. The van der Waals surface area contributed by atoms with Crippen LogP contribution in [0.25, 0.3) is 0 Å². The Hall–Kier alpha value is -0.720. The van der Waals surface area contributed by atoms with Crippen molar-refractivity contribution in [3.05, 3.63) is 24.7 Å². The summed E-state index contributed by atoms with van der Waals surface area (Å²) in [5, 5.41) is 0. The average Bonchev–Trinajstić information content (AvgIpc) is 1.76. The molecule has 5 heavy (non-hydrogen) atoms. The predicted molar refractivity (Wildman–Crippen MR) is 16.4 cm³/mol. The van der Waals surface area contributed by atoms with Gasteiger partial charge in [0.05, 0.1) is 6.26 Å². The minimum absolute atomic E-state index is 1.44. The largest absolute Gasteiger partial charge is 0.460 e. The zero-order valence-corrected chi connectivity index (χ0v) is 2.56. The molecule has 0 N–H and O–H groups in total. The Kier molecular flexibility index (Phi) is 0.468. The van der Waals surface area contributed by atoms with Crippen molar-refractivity contribution >= 4 is 0 Å². The van der Waals surface area contributed by atoms with Gasteiger partial charge in [-0.3, -0.25) is 0 Å². The first kappa shape index (κ1) is 2.51. The lowest BCUT2D eigenvalue weighted by Crippen LogP contribution is -1.20. The molecule has 0 aliphatic carbocycles. The highest BCUT2D eigenvalue weighted by Crippen LogP contribution is 1.76. The Morgan fingerprint density at radius 1 is 1.60 bits per heavy atom. The molecule has 2 radical (unpaired) electrons. The van der Waals surface area contributed by atoms with Crippen LogP contribution < -0.4 is 0 Å². The molecule has 1 rings (SSSR count). The highest BCUT2D eigenvalue weighted by Gasteiger charge is 1.62. The zero-order valence-electron chi connectivity index (χ0n) is 2.56. The summed E-state index contributed by atoms with van der Waals surface area (Å²) in [4.78, 5) is 0. The van der Waals surface area contributed by atoms with Gasteiger partial charge in [-0.2, -0.15) is 0 Å². The van der Waals surface area contributed by atoms with Crippen molar-refractivity contribution in [2.24, 2.45) is 0 Å². The Balaban J connectivity index is 3.13. The highest BCUT2D eigenvalue weighted by molar-refractivity contribution is 4.74. The second-order valence-corrected chi connectivity index (χ2v) is 0.665. The number of hydrogen-bond acceptors (Lipinski definition) is 1. The summed E-state index contributed by atoms with van der Waals surface area (Å²) in [5.41, 5.74) is 0. The fraction of sp³-hybridized carbons (Fsp3) is 0. The number of furan rings is 1. The van der Waals surface area contributed by atoms with Gasteiger partial charge in [-0.25, -0.2) is 0 Å². The van der Waals surface area contributed by atoms with E-state index in [0.29, 0.717) is 0 Å². The van der Waals surface area contributed by atoms with E-state index in [1.165, 1.54) is 6.26 Å². The quantitative estimate of drug-likeness (QED) is 0.438. The standard InChI is InChI=1S/C4H2O/c1-2-4-5-3-1/h1,4H. The molecule has 0 amide bonds. The van der Waals surface area contributed by atoms with Crippen LogP contribution in [0.2, 0.25) is 0 Å². The number of hydrogen-bond donors (Lipinski definition) is 0. The molecular weight excluding hydrogens is 64.0 g/mol. The smallest absolute Gasteiger partial charge is 0.169 e. The fourth-order valence-electron chi connectivity index (χ4n) is 0.170. The molecule has 0 aromatic carbocycles. The van der Waals surface area contributed by atoms with E-state index in [4.69, 9.17) is 0 Å². The molecule has 1 aromatic heterocycles. The second-order valence-electron chi connectivity index (χ2n) is 0.665. The van der Waals surface area contributed by atoms with E-state index in [-0.39, 0.29) is 0 Å². The van der Waals surface area contributed by atoms with Crippen molar-refractivity contribution in [1.29, 1.82) is 0 Å². The third-order valence-electron chi connectivity index (χ3n) is 0.337. The van der Waals surface area contributed by atoms with Crippen LogP contribution in [0.3, 0.4) is 0 Å². The van der Waals surface area contributed by atoms with Crippen LogP contribution in [0.15, 0.2) is 16.7 Å². The third-order valence-corrected chi connectivity index (χ3v) is 0.337. The summed E-state index contributed by atoms with van der Waals surface area (Å²) in [5.74, 6) is 0. The maximum Gasteiger partial charge on any atom is 0.169 e. The first-order chi connectivity index (χ1) is 2.50. The van der Waals surface area contributed by atoms with Crippen LogP contribution in [-0.4, -0.2) is 0 Å². The highest BCUT2D eigenvalue weighted by atomic mass is 16.3. The van der Waals surface area contributed by atoms with Crippen LogP contribution in [-0.2, 0) is 0 Å². The van der Waals surface area contributed by atoms with Crippen molar-refractivity contribution < 1.29 is 4.42 Å². The molecular formula is C4H2O. The predicted octanol–water partition coefficient (Wildman–Crippen LogP) is 0.880. The van der Waals surface area contributed by atoms with Crippen molar-refractivity contribution in [3.63, 3.8) is 0 Å². The molecule has 0 bridgehead atoms. The molecule has 1 heterocycles. The van der Waals surface area contributed by atoms with Crippen molar-refractivity contribution in [2.45, 2.75) is 0 Å². The Morgan fingerprint density at radius 3 is 2.80 bits per heavy atom. The third kappa shape index (κ3) is 0.293. The molecule has 0 unspecified atom stereocenters. The molecule has 1 heteroatoms. The molecule has 0 atom stereocenters. The molecule has 0 aliphatic rings. The van der Waals surface area contributed by atoms with Crippen molar-refractivity contribution in [1.82, 2.24) is 0 Å². The van der Waals surface area contributed by atoms with Gasteiger partial charge >= 0.3 is 0 Å². The van der Waals surface area contributed by atoms with E-state index in [9.17, 15) is 0 Å². The van der Waals surface area contributed by atoms with Crippen molar-refractivity contribution in [3.8, 4) is 0 Å². The normalized spacial score (nSPS) is 8.00.